The summed E-state index contributed by atoms with van der Waals surface area (Å²) in [7, 11) is 0. The Hall–Kier alpha value is 1.73. The Kier molecular flexibility index (Phi) is 10.2. The van der Waals surface area contributed by atoms with Crippen LogP contribution in [-0.2, 0) is 0 Å². The molecule has 0 aromatic heterocycles. The first-order chi connectivity index (χ1) is 6.09. The molecule has 78 valence electrons. The van der Waals surface area contributed by atoms with E-state index in [4.69, 9.17) is 0 Å². The molecule has 0 amide bonds. The van der Waals surface area contributed by atoms with Gasteiger partial charge in [0.2, 0.25) is 0 Å². The minimum absolute atomic E-state index is 0.452. The molecular weight excluding hydrogens is 505 g/mol. The van der Waals surface area contributed by atoms with E-state index in [1.54, 1.807) is 0 Å². The second kappa shape index (κ2) is 8.99. The van der Waals surface area contributed by atoms with Crippen LogP contribution in [-0.4, -0.2) is 9.03 Å². The van der Waals surface area contributed by atoms with Crippen LogP contribution >= 0.6 is 67.8 Å². The average molecular weight is 520 g/mol. The van der Waals surface area contributed by atoms with Crippen LogP contribution in [0.15, 0.2) is 7.35 Å². The third-order valence-corrected chi connectivity index (χ3v) is 7.10. The summed E-state index contributed by atoms with van der Waals surface area (Å²) in [6, 6.07) is 0. The number of aliphatic hydroxyl groups is 1. The molecule has 0 rings (SSSR count). The van der Waals surface area contributed by atoms with Crippen LogP contribution in [0.1, 0.15) is 39.0 Å². The Bertz CT molecular complexity index is 164. The van der Waals surface area contributed by atoms with E-state index < -0.39 is 0 Å². The summed E-state index contributed by atoms with van der Waals surface area (Å²) in [6.07, 6.45) is 6.40. The first kappa shape index (κ1) is 14.7. The molecule has 1 nitrogen and oxygen atoms in total. The van der Waals surface area contributed by atoms with Gasteiger partial charge in [-0.1, -0.05) is 55.2 Å². The first-order valence-electron chi connectivity index (χ1n) is 4.47. The molecule has 0 aromatic rings. The van der Waals surface area contributed by atoms with Gasteiger partial charge in [0.25, 0.3) is 0 Å². The maximum Gasteiger partial charge on any atom is 0.163 e. The summed E-state index contributed by atoms with van der Waals surface area (Å²) in [5, 5.41) is 9.25. The van der Waals surface area contributed by atoms with Gasteiger partial charge in [0, 0.05) is 3.92 Å². The van der Waals surface area contributed by atoms with Gasteiger partial charge >= 0.3 is 0 Å². The lowest BCUT2D eigenvalue weighted by molar-refractivity contribution is 0.461. The maximum atomic E-state index is 9.25. The lowest BCUT2D eigenvalue weighted by Crippen LogP contribution is -1.98. The normalized spacial score (nSPS) is 15.4. The zero-order valence-corrected chi connectivity index (χ0v) is 14.2. The molecule has 0 heterocycles. The number of halogens is 3. The van der Waals surface area contributed by atoms with Gasteiger partial charge in [0.1, 0.15) is 0 Å². The van der Waals surface area contributed by atoms with Crippen LogP contribution in [0, 0.1) is 0 Å². The summed E-state index contributed by atoms with van der Waals surface area (Å²) in [6.45, 7) is 2.22. The fourth-order valence-electron chi connectivity index (χ4n) is 1.01. The second-order valence-electron chi connectivity index (χ2n) is 2.96. The van der Waals surface area contributed by atoms with Gasteiger partial charge in [-0.25, -0.2) is 0 Å². The molecule has 0 aliphatic rings. The molecule has 0 saturated carbocycles. The van der Waals surface area contributed by atoms with Gasteiger partial charge < -0.3 is 5.11 Å². The summed E-state index contributed by atoms with van der Waals surface area (Å²) in [5.41, 5.74) is 0. The number of unbranched alkanes of at least 4 members (excludes halogenated alkanes) is 3. The number of hydrogen-bond donors (Lipinski definition) is 1. The van der Waals surface area contributed by atoms with Crippen LogP contribution in [0.2, 0.25) is 0 Å². The summed E-state index contributed by atoms with van der Waals surface area (Å²) >= 11 is 6.61. The van der Waals surface area contributed by atoms with E-state index in [0.717, 1.165) is 3.58 Å². The van der Waals surface area contributed by atoms with Gasteiger partial charge in [-0.05, 0) is 51.6 Å². The van der Waals surface area contributed by atoms with Crippen molar-refractivity contribution >= 4 is 67.8 Å². The predicted octanol–water partition coefficient (Wildman–Crippen LogP) is 5.36. The van der Waals surface area contributed by atoms with E-state index in [-0.39, 0.29) is 0 Å². The van der Waals surface area contributed by atoms with E-state index in [9.17, 15) is 5.11 Å². The Morgan fingerprint density at radius 2 is 1.85 bits per heavy atom. The van der Waals surface area contributed by atoms with Gasteiger partial charge in [-0.15, -0.1) is 0 Å². The van der Waals surface area contributed by atoms with Crippen molar-refractivity contribution in [3.63, 3.8) is 0 Å². The molecule has 1 unspecified atom stereocenters. The largest absolute Gasteiger partial charge is 0.502 e. The van der Waals surface area contributed by atoms with E-state index in [1.165, 1.54) is 32.1 Å². The molecule has 0 fully saturated rings. The van der Waals surface area contributed by atoms with Crippen molar-refractivity contribution in [2.45, 2.75) is 43.0 Å². The zero-order valence-electron chi connectivity index (χ0n) is 7.69. The lowest BCUT2D eigenvalue weighted by atomic mass is 10.1. The Balaban J connectivity index is 3.63. The number of hydrogen-bond acceptors (Lipinski definition) is 1. The monoisotopic (exact) mass is 520 g/mol. The fourth-order valence-corrected chi connectivity index (χ4v) is 3.02. The molecule has 0 spiro atoms. The molecule has 0 aromatic carbocycles. The SMILES string of the molecule is CCCCCCC(I)/C(I)=C(/O)I. The van der Waals surface area contributed by atoms with Crippen molar-refractivity contribution in [2.24, 2.45) is 0 Å². The topological polar surface area (TPSA) is 20.2 Å². The standard InChI is InChI=1S/C9H15I3O/c1-2-3-4-5-6-7(10)8(11)9(12)13/h7,13H,2-6H2,1H3/b9-8-. The minimum Gasteiger partial charge on any atom is -0.502 e. The summed E-state index contributed by atoms with van der Waals surface area (Å²) < 4.78 is 2.04. The highest BCUT2D eigenvalue weighted by Crippen LogP contribution is 2.29. The number of rotatable bonds is 6. The van der Waals surface area contributed by atoms with E-state index in [0.29, 0.717) is 7.69 Å². The summed E-state index contributed by atoms with van der Waals surface area (Å²) in [5.74, 6) is 0. The highest BCUT2D eigenvalue weighted by atomic mass is 127. The van der Waals surface area contributed by atoms with Crippen LogP contribution in [0.3, 0.4) is 0 Å². The fraction of sp³-hybridized carbons (Fsp3) is 0.778. The van der Waals surface area contributed by atoms with E-state index in [2.05, 4.69) is 52.1 Å². The van der Waals surface area contributed by atoms with Gasteiger partial charge in [0.05, 0.1) is 3.58 Å². The molecule has 0 bridgehead atoms. The minimum atomic E-state index is 0.452. The van der Waals surface area contributed by atoms with Crippen LogP contribution in [0.4, 0.5) is 0 Å². The van der Waals surface area contributed by atoms with Gasteiger partial charge in [0.15, 0.2) is 3.77 Å². The molecule has 0 radical (unpaired) electrons. The highest BCUT2D eigenvalue weighted by molar-refractivity contribution is 14.1. The van der Waals surface area contributed by atoms with Crippen LogP contribution in [0.5, 0.6) is 0 Å². The highest BCUT2D eigenvalue weighted by Gasteiger charge is 2.10. The smallest absolute Gasteiger partial charge is 0.163 e. The predicted molar refractivity (Wildman–Crippen MR) is 84.3 cm³/mol. The van der Waals surface area contributed by atoms with Crippen molar-refractivity contribution in [2.75, 3.05) is 0 Å². The third-order valence-electron chi connectivity index (χ3n) is 1.78. The van der Waals surface area contributed by atoms with E-state index >= 15 is 0 Å². The number of allylic oxidation sites excluding steroid dienone is 1. The van der Waals surface area contributed by atoms with Crippen molar-refractivity contribution in [3.05, 3.63) is 7.35 Å². The third kappa shape index (κ3) is 7.64. The summed E-state index contributed by atoms with van der Waals surface area (Å²) in [4.78, 5) is 0. The second-order valence-corrected chi connectivity index (χ2v) is 6.64. The zero-order chi connectivity index (χ0) is 10.3. The molecule has 1 N–H and O–H groups in total. The number of aliphatic hydroxyl groups excluding tert-OH is 1. The molecule has 13 heavy (non-hydrogen) atoms. The van der Waals surface area contributed by atoms with Crippen molar-refractivity contribution < 1.29 is 5.11 Å². The van der Waals surface area contributed by atoms with E-state index in [1.807, 2.05) is 22.6 Å². The Morgan fingerprint density at radius 1 is 1.23 bits per heavy atom. The quantitative estimate of drug-likeness (QED) is 0.217. The van der Waals surface area contributed by atoms with Crippen LogP contribution in [0.25, 0.3) is 0 Å². The van der Waals surface area contributed by atoms with Gasteiger partial charge in [-0.2, -0.15) is 0 Å². The molecule has 1 atom stereocenters. The Morgan fingerprint density at radius 3 is 2.31 bits per heavy atom. The average Bonchev–Trinajstić information content (AvgIpc) is 2.10. The van der Waals surface area contributed by atoms with Gasteiger partial charge in [-0.3, -0.25) is 0 Å². The molecule has 0 aliphatic heterocycles. The molecular formula is C9H15I3O. The van der Waals surface area contributed by atoms with Crippen molar-refractivity contribution in [3.8, 4) is 0 Å². The molecule has 0 saturated heterocycles. The van der Waals surface area contributed by atoms with Crippen molar-refractivity contribution in [1.82, 2.24) is 0 Å². The molecule has 4 heteroatoms. The maximum absolute atomic E-state index is 9.25. The molecule has 0 aliphatic carbocycles. The van der Waals surface area contributed by atoms with Crippen molar-refractivity contribution in [1.29, 1.82) is 0 Å². The Labute approximate surface area is 122 Å². The number of alkyl halides is 1. The lowest BCUT2D eigenvalue weighted by Gasteiger charge is -2.08. The first-order valence-corrected chi connectivity index (χ1v) is 7.88. The van der Waals surface area contributed by atoms with Crippen LogP contribution < -0.4 is 0 Å².